The summed E-state index contributed by atoms with van der Waals surface area (Å²) in [4.78, 5) is 15.3. The molecule has 0 amide bonds. The minimum absolute atomic E-state index is 0.102. The van der Waals surface area contributed by atoms with Crippen LogP contribution in [0.4, 0.5) is 0 Å². The second-order valence-electron chi connectivity index (χ2n) is 8.01. The first kappa shape index (κ1) is 22.2. The highest BCUT2D eigenvalue weighted by Gasteiger charge is 2.28. The Balaban J connectivity index is 1.47. The predicted octanol–water partition coefficient (Wildman–Crippen LogP) is 4.41. The molecule has 5 heteroatoms. The molecule has 0 aliphatic heterocycles. The molecule has 162 valence electrons. The zero-order valence-corrected chi connectivity index (χ0v) is 18.6. The van der Waals surface area contributed by atoms with E-state index >= 15 is 0 Å². The van der Waals surface area contributed by atoms with Crippen LogP contribution in [0.15, 0.2) is 36.4 Å². The number of methoxy groups -OCH3 is 3. The molecule has 0 N–H and O–H groups in total. The normalized spacial score (nSPS) is 15.8. The van der Waals surface area contributed by atoms with Crippen LogP contribution in [0.25, 0.3) is 0 Å². The second kappa shape index (κ2) is 10.5. The van der Waals surface area contributed by atoms with Gasteiger partial charge in [0.05, 0.1) is 21.3 Å². The van der Waals surface area contributed by atoms with E-state index in [9.17, 15) is 4.79 Å². The molecule has 1 aliphatic rings. The van der Waals surface area contributed by atoms with E-state index in [-0.39, 0.29) is 11.7 Å². The van der Waals surface area contributed by atoms with Crippen LogP contribution in [0.5, 0.6) is 17.2 Å². The highest BCUT2D eigenvalue weighted by Crippen LogP contribution is 2.36. The molecular formula is C25H33NO4. The van der Waals surface area contributed by atoms with Gasteiger partial charge in [-0.2, -0.15) is 0 Å². The molecular weight excluding hydrogens is 378 g/mol. The van der Waals surface area contributed by atoms with Crippen LogP contribution in [0.2, 0.25) is 0 Å². The lowest BCUT2D eigenvalue weighted by Crippen LogP contribution is -2.26. The van der Waals surface area contributed by atoms with Crippen LogP contribution in [-0.2, 0) is 12.8 Å². The molecule has 0 spiro atoms. The van der Waals surface area contributed by atoms with E-state index in [0.29, 0.717) is 11.5 Å². The molecule has 0 bridgehead atoms. The molecule has 0 heterocycles. The lowest BCUT2D eigenvalue weighted by molar-refractivity contribution is 0.0890. The van der Waals surface area contributed by atoms with Crippen molar-refractivity contribution in [2.45, 2.75) is 32.1 Å². The number of ether oxygens (including phenoxy) is 3. The van der Waals surface area contributed by atoms with Crippen molar-refractivity contribution in [3.8, 4) is 17.2 Å². The van der Waals surface area contributed by atoms with Gasteiger partial charge in [-0.15, -0.1) is 0 Å². The standard InChI is InChI=1S/C25H33NO4/c1-26(15-13-18-7-11-21(28-2)12-8-18)14-5-6-19-9-10-20-16-23(29-3)24(30-4)17-22(20)25(19)27/h7-8,11-12,16-17,19H,5-6,9-10,13-15H2,1-4H3. The van der Waals surface area contributed by atoms with Crippen LogP contribution in [0, 0.1) is 5.92 Å². The summed E-state index contributed by atoms with van der Waals surface area (Å²) in [5, 5.41) is 0. The van der Waals surface area contributed by atoms with Gasteiger partial charge in [0.1, 0.15) is 5.75 Å². The van der Waals surface area contributed by atoms with E-state index in [1.165, 1.54) is 5.56 Å². The highest BCUT2D eigenvalue weighted by molar-refractivity contribution is 6.00. The van der Waals surface area contributed by atoms with Gasteiger partial charge in [0.15, 0.2) is 17.3 Å². The number of likely N-dealkylation sites (N-methyl/N-ethyl adjacent to an activating group) is 1. The summed E-state index contributed by atoms with van der Waals surface area (Å²) >= 11 is 0. The third kappa shape index (κ3) is 5.33. The Hall–Kier alpha value is -2.53. The maximum atomic E-state index is 13.0. The maximum Gasteiger partial charge on any atom is 0.166 e. The Morgan fingerprint density at radius 2 is 1.67 bits per heavy atom. The first-order chi connectivity index (χ1) is 14.5. The Kier molecular flexibility index (Phi) is 7.75. The number of hydrogen-bond acceptors (Lipinski definition) is 5. The molecule has 1 aliphatic carbocycles. The van der Waals surface area contributed by atoms with E-state index in [4.69, 9.17) is 14.2 Å². The first-order valence-corrected chi connectivity index (χ1v) is 10.7. The van der Waals surface area contributed by atoms with Gasteiger partial charge in [0.2, 0.25) is 0 Å². The number of carbonyl (C=O) groups is 1. The van der Waals surface area contributed by atoms with Gasteiger partial charge in [-0.1, -0.05) is 12.1 Å². The Labute approximate surface area is 179 Å². The van der Waals surface area contributed by atoms with Gasteiger partial charge in [-0.3, -0.25) is 4.79 Å². The van der Waals surface area contributed by atoms with Crippen LogP contribution in [0.3, 0.4) is 0 Å². The van der Waals surface area contributed by atoms with Crippen molar-refractivity contribution in [3.05, 3.63) is 53.1 Å². The number of Topliss-reactive ketones (excluding diaryl/α,β-unsaturated/α-hetero) is 1. The zero-order chi connectivity index (χ0) is 21.5. The third-order valence-corrected chi connectivity index (χ3v) is 6.04. The number of nitrogens with zero attached hydrogens (tertiary/aromatic N) is 1. The predicted molar refractivity (Wildman–Crippen MR) is 119 cm³/mol. The molecule has 2 aromatic carbocycles. The van der Waals surface area contributed by atoms with Crippen LogP contribution < -0.4 is 14.2 Å². The first-order valence-electron chi connectivity index (χ1n) is 10.7. The molecule has 3 rings (SSSR count). The van der Waals surface area contributed by atoms with Crippen molar-refractivity contribution in [1.82, 2.24) is 4.90 Å². The minimum Gasteiger partial charge on any atom is -0.497 e. The third-order valence-electron chi connectivity index (χ3n) is 6.04. The fraction of sp³-hybridized carbons (Fsp3) is 0.480. The van der Waals surface area contributed by atoms with E-state index < -0.39 is 0 Å². The van der Waals surface area contributed by atoms with Crippen molar-refractivity contribution in [2.24, 2.45) is 5.92 Å². The molecule has 0 saturated heterocycles. The molecule has 0 aromatic heterocycles. The average molecular weight is 412 g/mol. The van der Waals surface area contributed by atoms with Crippen LogP contribution in [0.1, 0.15) is 40.7 Å². The van der Waals surface area contributed by atoms with Gasteiger partial charge in [-0.05, 0) is 81.1 Å². The summed E-state index contributed by atoms with van der Waals surface area (Å²) in [5.74, 6) is 2.56. The van der Waals surface area contributed by atoms with Gasteiger partial charge < -0.3 is 19.1 Å². The molecule has 0 radical (unpaired) electrons. The molecule has 1 atom stereocenters. The van der Waals surface area contributed by atoms with E-state index in [2.05, 4.69) is 24.1 Å². The summed E-state index contributed by atoms with van der Waals surface area (Å²) in [5.41, 5.74) is 3.19. The van der Waals surface area contributed by atoms with Crippen LogP contribution in [-0.4, -0.2) is 52.1 Å². The number of hydrogen-bond donors (Lipinski definition) is 0. The molecule has 1 unspecified atom stereocenters. The lowest BCUT2D eigenvalue weighted by atomic mass is 9.80. The molecule has 30 heavy (non-hydrogen) atoms. The molecule has 2 aromatic rings. The number of aryl methyl sites for hydroxylation is 1. The fourth-order valence-corrected chi connectivity index (χ4v) is 4.15. The van der Waals surface area contributed by atoms with Crippen molar-refractivity contribution in [1.29, 1.82) is 0 Å². The Morgan fingerprint density at radius 3 is 2.33 bits per heavy atom. The average Bonchev–Trinajstić information content (AvgIpc) is 2.78. The second-order valence-corrected chi connectivity index (χ2v) is 8.01. The van der Waals surface area contributed by atoms with Crippen molar-refractivity contribution in [3.63, 3.8) is 0 Å². The summed E-state index contributed by atoms with van der Waals surface area (Å²) in [6, 6.07) is 12.1. The number of ketones is 1. The van der Waals surface area contributed by atoms with Crippen molar-refractivity contribution in [2.75, 3.05) is 41.5 Å². The van der Waals surface area contributed by atoms with E-state index in [1.807, 2.05) is 24.3 Å². The van der Waals surface area contributed by atoms with Gasteiger partial charge >= 0.3 is 0 Å². The zero-order valence-electron chi connectivity index (χ0n) is 18.6. The van der Waals surface area contributed by atoms with E-state index in [0.717, 1.165) is 62.1 Å². The highest BCUT2D eigenvalue weighted by atomic mass is 16.5. The minimum atomic E-state index is 0.102. The quantitative estimate of drug-likeness (QED) is 0.579. The smallest absolute Gasteiger partial charge is 0.166 e. The summed E-state index contributed by atoms with van der Waals surface area (Å²) in [7, 11) is 7.07. The van der Waals surface area contributed by atoms with Crippen molar-refractivity contribution >= 4 is 5.78 Å². The monoisotopic (exact) mass is 411 g/mol. The SMILES string of the molecule is COc1ccc(CCN(C)CCCC2CCc3cc(OC)c(OC)cc3C2=O)cc1. The Bertz CT molecular complexity index is 847. The van der Waals surface area contributed by atoms with Gasteiger partial charge in [0.25, 0.3) is 0 Å². The maximum absolute atomic E-state index is 13.0. The number of rotatable bonds is 10. The lowest BCUT2D eigenvalue weighted by Gasteiger charge is -2.25. The Morgan fingerprint density at radius 1 is 0.967 bits per heavy atom. The number of fused-ring (bicyclic) bond motifs is 1. The summed E-state index contributed by atoms with van der Waals surface area (Å²) in [6.45, 7) is 2.00. The van der Waals surface area contributed by atoms with Crippen LogP contribution >= 0.6 is 0 Å². The van der Waals surface area contributed by atoms with Gasteiger partial charge in [-0.25, -0.2) is 0 Å². The number of benzene rings is 2. The van der Waals surface area contributed by atoms with Crippen molar-refractivity contribution < 1.29 is 19.0 Å². The molecule has 5 nitrogen and oxygen atoms in total. The summed E-state index contributed by atoms with van der Waals surface area (Å²) in [6.07, 6.45) is 4.80. The fourth-order valence-electron chi connectivity index (χ4n) is 4.15. The molecule has 0 fully saturated rings. The summed E-state index contributed by atoms with van der Waals surface area (Å²) < 4.78 is 16.0. The molecule has 0 saturated carbocycles. The van der Waals surface area contributed by atoms with Gasteiger partial charge in [0, 0.05) is 18.0 Å². The van der Waals surface area contributed by atoms with E-state index in [1.54, 1.807) is 21.3 Å². The topological polar surface area (TPSA) is 48.0 Å². The largest absolute Gasteiger partial charge is 0.497 e. The number of carbonyl (C=O) groups excluding carboxylic acids is 1.